The Hall–Kier alpha value is -2.70. The number of nitro benzene ring substituents is 1. The molecule has 4 rings (SSSR count). The first kappa shape index (κ1) is 16.2. The topological polar surface area (TPSA) is 101 Å². The Morgan fingerprint density at radius 3 is 2.04 bits per heavy atom. The molecule has 2 aromatic carbocycles. The number of rotatable bonds is 1. The Kier molecular flexibility index (Phi) is 4.33. The summed E-state index contributed by atoms with van der Waals surface area (Å²) in [4.78, 5) is 15.9. The molecule has 0 aliphatic heterocycles. The third-order valence-corrected chi connectivity index (χ3v) is 4.04. The molecule has 0 bridgehead atoms. The SMILES string of the molecule is Nc1cc(Cl)c2[nH]ccc2c1.O=[N+]([O-])c1cc(Cl)c2[nH]ccc2c1. The lowest BCUT2D eigenvalue weighted by Gasteiger charge is -1.95. The molecule has 0 saturated carbocycles. The molecule has 0 fully saturated rings. The van der Waals surface area contributed by atoms with E-state index in [1.165, 1.54) is 12.1 Å². The van der Waals surface area contributed by atoms with E-state index >= 15 is 0 Å². The van der Waals surface area contributed by atoms with Crippen molar-refractivity contribution in [2.75, 3.05) is 5.73 Å². The van der Waals surface area contributed by atoms with Crippen molar-refractivity contribution in [1.29, 1.82) is 0 Å². The lowest BCUT2D eigenvalue weighted by molar-refractivity contribution is -0.384. The number of nitrogens with zero attached hydrogens (tertiary/aromatic N) is 1. The lowest BCUT2D eigenvalue weighted by atomic mass is 10.2. The number of nitrogens with two attached hydrogens (primary N) is 1. The summed E-state index contributed by atoms with van der Waals surface area (Å²) in [6, 6.07) is 10.1. The number of non-ortho nitro benzene ring substituents is 1. The number of hydrogen-bond donors (Lipinski definition) is 3. The van der Waals surface area contributed by atoms with Crippen LogP contribution < -0.4 is 5.73 Å². The molecule has 4 N–H and O–H groups in total. The van der Waals surface area contributed by atoms with E-state index in [1.807, 2.05) is 18.3 Å². The van der Waals surface area contributed by atoms with Crippen LogP contribution in [0.1, 0.15) is 0 Å². The highest BCUT2D eigenvalue weighted by atomic mass is 35.5. The van der Waals surface area contributed by atoms with E-state index in [2.05, 4.69) is 9.97 Å². The van der Waals surface area contributed by atoms with Crippen LogP contribution >= 0.6 is 23.2 Å². The number of aromatic nitrogens is 2. The van der Waals surface area contributed by atoms with Crippen LogP contribution in [0.25, 0.3) is 21.8 Å². The largest absolute Gasteiger partial charge is 0.399 e. The average molecular weight is 363 g/mol. The van der Waals surface area contributed by atoms with Gasteiger partial charge in [0, 0.05) is 41.0 Å². The van der Waals surface area contributed by atoms with Gasteiger partial charge in [-0.2, -0.15) is 0 Å². The zero-order chi connectivity index (χ0) is 17.3. The third kappa shape index (κ3) is 3.15. The number of benzene rings is 2. The van der Waals surface area contributed by atoms with Crippen molar-refractivity contribution in [3.63, 3.8) is 0 Å². The molecule has 0 atom stereocenters. The van der Waals surface area contributed by atoms with Crippen LogP contribution in [-0.2, 0) is 0 Å². The minimum atomic E-state index is -0.460. The number of anilines is 1. The number of nitro groups is 1. The van der Waals surface area contributed by atoms with E-state index in [0.29, 0.717) is 15.7 Å². The van der Waals surface area contributed by atoms with Crippen molar-refractivity contribution in [2.45, 2.75) is 0 Å². The van der Waals surface area contributed by atoms with Gasteiger partial charge >= 0.3 is 0 Å². The molecule has 0 radical (unpaired) electrons. The van der Waals surface area contributed by atoms with Crippen molar-refractivity contribution in [1.82, 2.24) is 9.97 Å². The van der Waals surface area contributed by atoms with Crippen molar-refractivity contribution < 1.29 is 4.92 Å². The van der Waals surface area contributed by atoms with Gasteiger partial charge in [-0.05, 0) is 24.3 Å². The van der Waals surface area contributed by atoms with E-state index in [9.17, 15) is 10.1 Å². The molecular weight excluding hydrogens is 351 g/mol. The Labute approximate surface area is 146 Å². The minimum Gasteiger partial charge on any atom is -0.399 e. The molecular formula is C16H12Cl2N4O2. The van der Waals surface area contributed by atoms with Gasteiger partial charge in [0.05, 0.1) is 26.0 Å². The standard InChI is InChI=1S/C8H5ClN2O2.C8H7ClN2/c9-7-4-6(11(12)13)3-5-1-2-10-8(5)7;9-7-4-6(10)3-5-1-2-11-8(5)7/h1-4,10H;1-4,11H,10H2. The first-order chi connectivity index (χ1) is 11.5. The quantitative estimate of drug-likeness (QED) is 0.248. The number of fused-ring (bicyclic) bond motifs is 2. The van der Waals surface area contributed by atoms with E-state index in [4.69, 9.17) is 28.9 Å². The second kappa shape index (κ2) is 6.43. The maximum atomic E-state index is 10.5. The van der Waals surface area contributed by atoms with Gasteiger partial charge in [0.1, 0.15) is 0 Å². The minimum absolute atomic E-state index is 0.0112. The van der Waals surface area contributed by atoms with Gasteiger partial charge in [0.15, 0.2) is 0 Å². The molecule has 4 aromatic rings. The number of H-pyrrole nitrogens is 2. The number of hydrogen-bond acceptors (Lipinski definition) is 3. The van der Waals surface area contributed by atoms with Gasteiger partial charge < -0.3 is 15.7 Å². The highest BCUT2D eigenvalue weighted by molar-refractivity contribution is 6.35. The Morgan fingerprint density at radius 2 is 1.46 bits per heavy atom. The molecule has 8 heteroatoms. The van der Waals surface area contributed by atoms with Crippen molar-refractivity contribution >= 4 is 56.4 Å². The van der Waals surface area contributed by atoms with Crippen LogP contribution in [0.2, 0.25) is 10.0 Å². The Bertz CT molecular complexity index is 1040. The summed E-state index contributed by atoms with van der Waals surface area (Å²) in [7, 11) is 0. The molecule has 0 aliphatic rings. The Balaban J connectivity index is 0.000000143. The fourth-order valence-corrected chi connectivity index (χ4v) is 2.93. The summed E-state index contributed by atoms with van der Waals surface area (Å²) in [6.07, 6.45) is 3.54. The van der Waals surface area contributed by atoms with Crippen molar-refractivity contribution in [3.8, 4) is 0 Å². The van der Waals surface area contributed by atoms with Crippen LogP contribution in [0.15, 0.2) is 48.8 Å². The average Bonchev–Trinajstić information content (AvgIpc) is 3.16. The molecule has 0 amide bonds. The number of halogens is 2. The fourth-order valence-electron chi connectivity index (χ4n) is 2.37. The second-order valence-corrected chi connectivity index (χ2v) is 5.89. The molecule has 122 valence electrons. The first-order valence-electron chi connectivity index (χ1n) is 6.89. The first-order valence-corrected chi connectivity index (χ1v) is 7.64. The summed E-state index contributed by atoms with van der Waals surface area (Å²) in [5.41, 5.74) is 7.97. The maximum Gasteiger partial charge on any atom is 0.271 e. The van der Waals surface area contributed by atoms with Gasteiger partial charge in [0.25, 0.3) is 5.69 Å². The second-order valence-electron chi connectivity index (χ2n) is 5.07. The molecule has 2 heterocycles. The van der Waals surface area contributed by atoms with Crippen LogP contribution in [0.5, 0.6) is 0 Å². The summed E-state index contributed by atoms with van der Waals surface area (Å²) < 4.78 is 0. The van der Waals surface area contributed by atoms with E-state index in [1.54, 1.807) is 18.3 Å². The van der Waals surface area contributed by atoms with Crippen LogP contribution in [0.3, 0.4) is 0 Å². The number of nitrogen functional groups attached to an aromatic ring is 1. The third-order valence-electron chi connectivity index (χ3n) is 3.44. The van der Waals surface area contributed by atoms with Gasteiger partial charge in [-0.15, -0.1) is 0 Å². The molecule has 0 saturated heterocycles. The molecule has 24 heavy (non-hydrogen) atoms. The van der Waals surface area contributed by atoms with Gasteiger partial charge in [-0.1, -0.05) is 23.2 Å². The van der Waals surface area contributed by atoms with Crippen LogP contribution in [-0.4, -0.2) is 14.9 Å². The summed E-state index contributed by atoms with van der Waals surface area (Å²) in [5.74, 6) is 0. The predicted molar refractivity (Wildman–Crippen MR) is 97.7 cm³/mol. The van der Waals surface area contributed by atoms with Gasteiger partial charge in [-0.3, -0.25) is 10.1 Å². The summed E-state index contributed by atoms with van der Waals surface area (Å²) >= 11 is 11.7. The van der Waals surface area contributed by atoms with E-state index < -0.39 is 4.92 Å². The lowest BCUT2D eigenvalue weighted by Crippen LogP contribution is -1.87. The monoisotopic (exact) mass is 362 g/mol. The number of nitrogens with one attached hydrogen (secondary N) is 2. The normalized spacial score (nSPS) is 10.6. The molecule has 0 unspecified atom stereocenters. The van der Waals surface area contributed by atoms with Crippen LogP contribution in [0, 0.1) is 10.1 Å². The summed E-state index contributed by atoms with van der Waals surface area (Å²) in [5, 5.41) is 13.3. The molecule has 0 aliphatic carbocycles. The Morgan fingerprint density at radius 1 is 0.917 bits per heavy atom. The van der Waals surface area contributed by atoms with Crippen molar-refractivity contribution in [2.24, 2.45) is 0 Å². The maximum absolute atomic E-state index is 10.5. The molecule has 2 aromatic heterocycles. The fraction of sp³-hybridized carbons (Fsp3) is 0. The van der Waals surface area contributed by atoms with Gasteiger partial charge in [-0.25, -0.2) is 0 Å². The summed E-state index contributed by atoms with van der Waals surface area (Å²) in [6.45, 7) is 0. The highest BCUT2D eigenvalue weighted by Crippen LogP contribution is 2.27. The van der Waals surface area contributed by atoms with Gasteiger partial charge in [0.2, 0.25) is 0 Å². The molecule has 6 nitrogen and oxygen atoms in total. The smallest absolute Gasteiger partial charge is 0.271 e. The van der Waals surface area contributed by atoms with E-state index in [-0.39, 0.29) is 5.69 Å². The zero-order valence-corrected chi connectivity index (χ0v) is 13.7. The van der Waals surface area contributed by atoms with Crippen LogP contribution in [0.4, 0.5) is 11.4 Å². The van der Waals surface area contributed by atoms with E-state index in [0.717, 1.165) is 21.8 Å². The molecule has 0 spiro atoms. The zero-order valence-electron chi connectivity index (χ0n) is 12.2. The predicted octanol–water partition coefficient (Wildman–Crippen LogP) is 5.13. The van der Waals surface area contributed by atoms with Crippen molar-refractivity contribution in [3.05, 3.63) is 69.0 Å². The number of aromatic amines is 2. The highest BCUT2D eigenvalue weighted by Gasteiger charge is 2.10.